The first-order chi connectivity index (χ1) is 24.3. The predicted octanol–water partition coefficient (Wildman–Crippen LogP) is 7.36. The predicted molar refractivity (Wildman–Crippen MR) is 182 cm³/mol. The number of nitrogens with one attached hydrogen (secondary N) is 1. The maximum Gasteiger partial charge on any atom is 0.411 e. The van der Waals surface area contributed by atoms with E-state index in [0.717, 1.165) is 0 Å². The summed E-state index contributed by atoms with van der Waals surface area (Å²) < 4.78 is 74.9. The molecule has 0 radical (unpaired) electrons. The summed E-state index contributed by atoms with van der Waals surface area (Å²) in [6.07, 6.45) is 5.07. The van der Waals surface area contributed by atoms with Crippen LogP contribution < -0.4 is 11.1 Å². The maximum absolute atomic E-state index is 15.1. The van der Waals surface area contributed by atoms with Gasteiger partial charge in [-0.25, -0.2) is 19.2 Å². The number of aromatic nitrogens is 4. The molecule has 2 aliphatic carbocycles. The number of nitrogens with zero attached hydrogens (tertiary/aromatic N) is 6. The van der Waals surface area contributed by atoms with E-state index in [1.54, 1.807) is 42.7 Å². The summed E-state index contributed by atoms with van der Waals surface area (Å²) in [4.78, 5) is 34.1. The number of hydrogen-bond acceptors (Lipinski definition) is 7. The van der Waals surface area contributed by atoms with Crippen molar-refractivity contribution in [1.29, 1.82) is 0 Å². The largest absolute Gasteiger partial charge is 0.447 e. The Hall–Kier alpha value is -4.73. The second-order valence-corrected chi connectivity index (χ2v) is 15.2. The molecule has 1 unspecified atom stereocenters. The molecule has 3 N–H and O–H groups in total. The zero-order chi connectivity index (χ0) is 37.9. The monoisotopic (exact) mass is 748 g/mol. The fourth-order valence-electron chi connectivity index (χ4n) is 6.84. The molecule has 0 bridgehead atoms. The summed E-state index contributed by atoms with van der Waals surface area (Å²) in [6.45, 7) is 4.30. The van der Waals surface area contributed by atoms with Gasteiger partial charge in [0, 0.05) is 29.6 Å². The molecule has 1 aliphatic heterocycles. The number of nitrogens with two attached hydrogens (primary N) is 1. The lowest BCUT2D eigenvalue weighted by Gasteiger charge is -2.45. The van der Waals surface area contributed by atoms with E-state index in [1.807, 2.05) is 45.2 Å². The molecule has 0 saturated heterocycles. The van der Waals surface area contributed by atoms with Crippen molar-refractivity contribution < 1.29 is 36.3 Å². The average Bonchev–Trinajstić information content (AvgIpc) is 3.38. The van der Waals surface area contributed by atoms with Gasteiger partial charge in [-0.3, -0.25) is 9.69 Å². The van der Waals surface area contributed by atoms with Crippen LogP contribution in [-0.2, 0) is 9.53 Å². The lowest BCUT2D eigenvalue weighted by molar-refractivity contribution is -0.164. The van der Waals surface area contributed by atoms with Gasteiger partial charge in [0.1, 0.15) is 12.1 Å². The molecule has 2 amide bonds. The van der Waals surface area contributed by atoms with Gasteiger partial charge in [-0.05, 0) is 60.4 Å². The van der Waals surface area contributed by atoms with E-state index >= 15 is 4.79 Å². The number of rotatable bonds is 10. The number of alkyl carbamates (subject to hydrolysis) is 1. The topological polar surface area (TPSA) is 133 Å². The molecule has 1 saturated carbocycles. The standard InChI is InChI=1S/C35H38ClF5N8O3/c1-31(2,3)20-34(32(4)10-8-21(9-11-32)23-17-44-48(18-23)28(37)38)27(50)49(29(42)45-34)26(19-52-30(51)46-33(12-13-33)35(39,40)41)22-6-7-24(36)25(16-22)47-15-5-14-43-47/h5-10,14-18,26,28H,11-13,19-20H2,1-4H3,(H2,42,45)(H,46,51)/t26-,32?,34+/m1/s1. The van der Waals surface area contributed by atoms with Crippen molar-refractivity contribution in [3.63, 3.8) is 0 Å². The number of carbonyl (C=O) groups is 2. The van der Waals surface area contributed by atoms with E-state index in [1.165, 1.54) is 22.0 Å². The van der Waals surface area contributed by atoms with Crippen LogP contribution in [0.5, 0.6) is 0 Å². The van der Waals surface area contributed by atoms with Crippen LogP contribution in [0.3, 0.4) is 0 Å². The van der Waals surface area contributed by atoms with Crippen LogP contribution in [0.15, 0.2) is 72.3 Å². The Balaban J connectivity index is 1.37. The molecule has 1 aromatic carbocycles. The molecule has 1 fully saturated rings. The van der Waals surface area contributed by atoms with Gasteiger partial charge in [-0.15, -0.1) is 0 Å². The average molecular weight is 749 g/mol. The summed E-state index contributed by atoms with van der Waals surface area (Å²) in [6, 6.07) is 5.31. The van der Waals surface area contributed by atoms with Gasteiger partial charge in [0.25, 0.3) is 5.91 Å². The molecular weight excluding hydrogens is 711 g/mol. The van der Waals surface area contributed by atoms with Crippen LogP contribution >= 0.6 is 11.6 Å². The van der Waals surface area contributed by atoms with Crippen molar-refractivity contribution in [2.24, 2.45) is 21.6 Å². The zero-order valence-electron chi connectivity index (χ0n) is 28.8. The first kappa shape index (κ1) is 37.0. The van der Waals surface area contributed by atoms with E-state index in [2.05, 4.69) is 10.2 Å². The fourth-order valence-corrected chi connectivity index (χ4v) is 7.04. The number of ether oxygens (including phenoxy) is 1. The molecular formula is C35H38ClF5N8O3. The minimum atomic E-state index is -4.67. The molecule has 278 valence electrons. The molecule has 3 heterocycles. The number of alkyl halides is 5. The highest BCUT2D eigenvalue weighted by Crippen LogP contribution is 2.53. The van der Waals surface area contributed by atoms with Gasteiger partial charge in [0.2, 0.25) is 0 Å². The molecule has 3 aliphatic rings. The molecule has 52 heavy (non-hydrogen) atoms. The number of amides is 2. The third kappa shape index (κ3) is 6.79. The minimum absolute atomic E-state index is 0.185. The van der Waals surface area contributed by atoms with Crippen LogP contribution in [0.4, 0.5) is 26.7 Å². The van der Waals surface area contributed by atoms with Crippen molar-refractivity contribution in [3.05, 3.63) is 83.4 Å². The van der Waals surface area contributed by atoms with E-state index in [-0.39, 0.29) is 31.6 Å². The van der Waals surface area contributed by atoms with E-state index in [0.29, 0.717) is 32.1 Å². The number of allylic oxidation sites excluding steroid dienone is 3. The van der Waals surface area contributed by atoms with E-state index in [9.17, 15) is 26.7 Å². The third-order valence-corrected chi connectivity index (χ3v) is 10.1. The lowest BCUT2D eigenvalue weighted by Crippen LogP contribution is -2.55. The molecule has 6 rings (SSSR count). The Labute approximate surface area is 301 Å². The Bertz CT molecular complexity index is 1950. The maximum atomic E-state index is 15.1. The van der Waals surface area contributed by atoms with Crippen molar-refractivity contribution >= 4 is 35.1 Å². The molecule has 2 aromatic heterocycles. The highest BCUT2D eigenvalue weighted by atomic mass is 35.5. The van der Waals surface area contributed by atoms with Crippen LogP contribution in [0.1, 0.15) is 77.1 Å². The second kappa shape index (κ2) is 13.0. The Kier molecular flexibility index (Phi) is 9.29. The van der Waals surface area contributed by atoms with Crippen molar-refractivity contribution in [2.75, 3.05) is 6.61 Å². The van der Waals surface area contributed by atoms with Crippen LogP contribution in [0.2, 0.25) is 5.02 Å². The second-order valence-electron chi connectivity index (χ2n) is 14.8. The van der Waals surface area contributed by atoms with E-state index in [4.69, 9.17) is 27.1 Å². The van der Waals surface area contributed by atoms with Crippen molar-refractivity contribution in [1.82, 2.24) is 29.8 Å². The number of hydrogen-bond donors (Lipinski definition) is 2. The summed E-state index contributed by atoms with van der Waals surface area (Å²) in [5, 5.41) is 10.2. The van der Waals surface area contributed by atoms with Gasteiger partial charge >= 0.3 is 18.8 Å². The van der Waals surface area contributed by atoms with Gasteiger partial charge in [0.05, 0.1) is 22.9 Å². The van der Waals surface area contributed by atoms with Crippen LogP contribution in [0.25, 0.3) is 11.3 Å². The normalized spacial score (nSPS) is 23.4. The highest BCUT2D eigenvalue weighted by molar-refractivity contribution is 6.32. The van der Waals surface area contributed by atoms with Gasteiger partial charge in [-0.1, -0.05) is 63.6 Å². The Morgan fingerprint density at radius 1 is 1.17 bits per heavy atom. The third-order valence-electron chi connectivity index (χ3n) is 9.79. The summed E-state index contributed by atoms with van der Waals surface area (Å²) in [5.74, 6) is -0.705. The fraction of sp³-hybridized carbons (Fsp3) is 0.457. The first-order valence-corrected chi connectivity index (χ1v) is 16.9. The molecule has 3 atom stereocenters. The first-order valence-electron chi connectivity index (χ1n) is 16.5. The Morgan fingerprint density at radius 2 is 1.90 bits per heavy atom. The van der Waals surface area contributed by atoms with Crippen LogP contribution in [-0.4, -0.2) is 66.3 Å². The quantitative estimate of drug-likeness (QED) is 0.208. The number of carbonyl (C=O) groups excluding carboxylic acids is 2. The van der Waals surface area contributed by atoms with Gasteiger partial charge in [0.15, 0.2) is 11.5 Å². The number of benzene rings is 1. The molecule has 0 spiro atoms. The minimum Gasteiger partial charge on any atom is -0.447 e. The zero-order valence-corrected chi connectivity index (χ0v) is 29.6. The highest BCUT2D eigenvalue weighted by Gasteiger charge is 2.65. The van der Waals surface area contributed by atoms with Gasteiger partial charge < -0.3 is 15.8 Å². The molecule has 3 aromatic rings. The summed E-state index contributed by atoms with van der Waals surface area (Å²) >= 11 is 6.52. The molecule has 11 nitrogen and oxygen atoms in total. The summed E-state index contributed by atoms with van der Waals surface area (Å²) in [7, 11) is 0. The summed E-state index contributed by atoms with van der Waals surface area (Å²) in [5.41, 5.74) is 3.20. The smallest absolute Gasteiger partial charge is 0.411 e. The van der Waals surface area contributed by atoms with Crippen molar-refractivity contribution in [3.8, 4) is 5.69 Å². The van der Waals surface area contributed by atoms with Crippen molar-refractivity contribution in [2.45, 2.75) is 83.2 Å². The number of aliphatic imine (C=N–C) groups is 1. The SMILES string of the molecule is CC(C)(C)C[C@]1(C2(C)C=CC(c3cnn(C(F)F)c3)=CC2)N=C(N)N([C@H](COC(=O)NC2(C(F)(F)F)CC2)c2ccc(Cl)c(-n3cccn3)c2)C1=O. The van der Waals surface area contributed by atoms with Crippen LogP contribution in [0, 0.1) is 10.8 Å². The molecule has 17 heteroatoms. The number of halogens is 6. The lowest BCUT2D eigenvalue weighted by atomic mass is 9.61. The van der Waals surface area contributed by atoms with Gasteiger partial charge in [-0.2, -0.15) is 32.1 Å². The Morgan fingerprint density at radius 3 is 2.46 bits per heavy atom. The van der Waals surface area contributed by atoms with E-state index < -0.39 is 59.3 Å². The number of guanidine groups is 1.